The molecule has 0 radical (unpaired) electrons. The molecule has 0 spiro atoms. The number of halogens is 1. The summed E-state index contributed by atoms with van der Waals surface area (Å²) in [6.07, 6.45) is 1.11. The molecule has 0 heterocycles. The average Bonchev–Trinajstić information content (AvgIpc) is 2.05. The number of aryl methyl sites for hydroxylation is 1. The fourth-order valence-electron chi connectivity index (χ4n) is 1.05. The Kier molecular flexibility index (Phi) is 4.75. The van der Waals surface area contributed by atoms with Gasteiger partial charge in [0.05, 0.1) is 0 Å². The zero-order chi connectivity index (χ0) is 8.27. The lowest BCUT2D eigenvalue weighted by molar-refractivity contribution is 1.10. The van der Waals surface area contributed by atoms with E-state index in [1.165, 1.54) is 11.3 Å². The van der Waals surface area contributed by atoms with E-state index in [0.717, 1.165) is 6.42 Å². The summed E-state index contributed by atoms with van der Waals surface area (Å²) in [5.41, 5.74) is 2.68. The standard InChI is InChI=1S/C10H15N.ClH/c1-4-9-6-5-7-10(8-9)11(2)3;/h5-8H,4H2,1-3H3;1H. The van der Waals surface area contributed by atoms with Crippen molar-refractivity contribution in [1.29, 1.82) is 0 Å². The van der Waals surface area contributed by atoms with Gasteiger partial charge in [-0.15, -0.1) is 12.4 Å². The van der Waals surface area contributed by atoms with Gasteiger partial charge in [0.2, 0.25) is 0 Å². The number of nitrogens with zero attached hydrogens (tertiary/aromatic N) is 1. The molecule has 0 fully saturated rings. The smallest absolute Gasteiger partial charge is 0.0363 e. The first-order valence-electron chi connectivity index (χ1n) is 4.00. The van der Waals surface area contributed by atoms with Gasteiger partial charge in [-0.05, 0) is 24.1 Å². The second-order valence-corrected chi connectivity index (χ2v) is 2.92. The molecule has 12 heavy (non-hydrogen) atoms. The molecule has 1 aromatic rings. The van der Waals surface area contributed by atoms with Crippen molar-refractivity contribution in [2.45, 2.75) is 13.3 Å². The molecule has 0 N–H and O–H groups in total. The number of rotatable bonds is 2. The van der Waals surface area contributed by atoms with Crippen LogP contribution in [0.3, 0.4) is 0 Å². The van der Waals surface area contributed by atoms with E-state index in [9.17, 15) is 0 Å². The van der Waals surface area contributed by atoms with Crippen molar-refractivity contribution in [3.63, 3.8) is 0 Å². The van der Waals surface area contributed by atoms with Crippen LogP contribution in [0, 0.1) is 0 Å². The van der Waals surface area contributed by atoms with E-state index in [2.05, 4.69) is 50.2 Å². The average molecular weight is 186 g/mol. The highest BCUT2D eigenvalue weighted by Crippen LogP contribution is 2.13. The number of hydrogen-bond acceptors (Lipinski definition) is 1. The molecule has 1 rings (SSSR count). The highest BCUT2D eigenvalue weighted by Gasteiger charge is 1.94. The predicted molar refractivity (Wildman–Crippen MR) is 57.4 cm³/mol. The van der Waals surface area contributed by atoms with Gasteiger partial charge in [-0.3, -0.25) is 0 Å². The van der Waals surface area contributed by atoms with Crippen LogP contribution >= 0.6 is 12.4 Å². The summed E-state index contributed by atoms with van der Waals surface area (Å²) in [5, 5.41) is 0. The Morgan fingerprint density at radius 3 is 2.42 bits per heavy atom. The Hall–Kier alpha value is -0.690. The Balaban J connectivity index is 0.00000121. The topological polar surface area (TPSA) is 3.24 Å². The molecule has 0 aliphatic rings. The van der Waals surface area contributed by atoms with Gasteiger partial charge in [0.15, 0.2) is 0 Å². The molecule has 1 nitrogen and oxygen atoms in total. The number of benzene rings is 1. The first-order valence-corrected chi connectivity index (χ1v) is 4.00. The van der Waals surface area contributed by atoms with Crippen LogP contribution in [0.25, 0.3) is 0 Å². The molecule has 0 unspecified atom stereocenters. The molecule has 2 heteroatoms. The van der Waals surface area contributed by atoms with Crippen molar-refractivity contribution in [2.24, 2.45) is 0 Å². The van der Waals surface area contributed by atoms with E-state index in [4.69, 9.17) is 0 Å². The predicted octanol–water partition coefficient (Wildman–Crippen LogP) is 2.74. The van der Waals surface area contributed by atoms with Gasteiger partial charge in [0, 0.05) is 19.8 Å². The Morgan fingerprint density at radius 1 is 1.25 bits per heavy atom. The largest absolute Gasteiger partial charge is 0.378 e. The van der Waals surface area contributed by atoms with Crippen LogP contribution < -0.4 is 4.90 Å². The quantitative estimate of drug-likeness (QED) is 0.685. The van der Waals surface area contributed by atoms with Gasteiger partial charge in [0.1, 0.15) is 0 Å². The second kappa shape index (κ2) is 5.04. The molecule has 0 aromatic heterocycles. The van der Waals surface area contributed by atoms with E-state index in [-0.39, 0.29) is 12.4 Å². The number of hydrogen-bond donors (Lipinski definition) is 0. The normalized spacial score (nSPS) is 8.92. The summed E-state index contributed by atoms with van der Waals surface area (Å²) < 4.78 is 0. The van der Waals surface area contributed by atoms with Crippen molar-refractivity contribution in [3.8, 4) is 0 Å². The Bertz CT molecular complexity index is 233. The van der Waals surface area contributed by atoms with Crippen molar-refractivity contribution >= 4 is 18.1 Å². The third kappa shape index (κ3) is 2.74. The Labute approximate surface area is 80.8 Å². The third-order valence-corrected chi connectivity index (χ3v) is 1.84. The van der Waals surface area contributed by atoms with Crippen LogP contribution in [0.4, 0.5) is 5.69 Å². The van der Waals surface area contributed by atoms with Crippen LogP contribution in [-0.2, 0) is 6.42 Å². The minimum Gasteiger partial charge on any atom is -0.378 e. The zero-order valence-electron chi connectivity index (χ0n) is 7.87. The summed E-state index contributed by atoms with van der Waals surface area (Å²) in [4.78, 5) is 2.12. The van der Waals surface area contributed by atoms with Crippen molar-refractivity contribution in [1.82, 2.24) is 0 Å². The highest BCUT2D eigenvalue weighted by atomic mass is 35.5. The number of anilines is 1. The molecule has 0 atom stereocenters. The zero-order valence-corrected chi connectivity index (χ0v) is 8.69. The summed E-state index contributed by atoms with van der Waals surface area (Å²) in [6.45, 7) is 2.18. The van der Waals surface area contributed by atoms with Crippen LogP contribution in [0.5, 0.6) is 0 Å². The maximum atomic E-state index is 2.22. The lowest BCUT2D eigenvalue weighted by Crippen LogP contribution is -2.08. The van der Waals surface area contributed by atoms with Gasteiger partial charge >= 0.3 is 0 Å². The van der Waals surface area contributed by atoms with Crippen molar-refractivity contribution in [3.05, 3.63) is 29.8 Å². The molecule has 0 bridgehead atoms. The van der Waals surface area contributed by atoms with Gasteiger partial charge in [-0.25, -0.2) is 0 Å². The molecular formula is C10H16ClN. The molecule has 0 aliphatic heterocycles. The van der Waals surface area contributed by atoms with E-state index in [1.54, 1.807) is 0 Å². The Morgan fingerprint density at radius 2 is 1.92 bits per heavy atom. The first kappa shape index (κ1) is 11.3. The van der Waals surface area contributed by atoms with Crippen LogP contribution in [-0.4, -0.2) is 14.1 Å². The molecule has 0 aliphatic carbocycles. The SMILES string of the molecule is CCc1cccc(N(C)C)c1.Cl. The monoisotopic (exact) mass is 185 g/mol. The highest BCUT2D eigenvalue weighted by molar-refractivity contribution is 5.85. The molecular weight excluding hydrogens is 170 g/mol. The van der Waals surface area contributed by atoms with Gasteiger partial charge < -0.3 is 4.90 Å². The van der Waals surface area contributed by atoms with E-state index < -0.39 is 0 Å². The summed E-state index contributed by atoms with van der Waals surface area (Å²) >= 11 is 0. The van der Waals surface area contributed by atoms with Gasteiger partial charge in [0.25, 0.3) is 0 Å². The maximum absolute atomic E-state index is 2.22. The van der Waals surface area contributed by atoms with E-state index >= 15 is 0 Å². The minimum absolute atomic E-state index is 0. The second-order valence-electron chi connectivity index (χ2n) is 2.92. The third-order valence-electron chi connectivity index (χ3n) is 1.84. The molecule has 0 saturated heterocycles. The van der Waals surface area contributed by atoms with Crippen LogP contribution in [0.15, 0.2) is 24.3 Å². The van der Waals surface area contributed by atoms with Crippen molar-refractivity contribution in [2.75, 3.05) is 19.0 Å². The first-order chi connectivity index (χ1) is 5.24. The van der Waals surface area contributed by atoms with Gasteiger partial charge in [-0.1, -0.05) is 19.1 Å². The molecule has 0 saturated carbocycles. The molecule has 0 amide bonds. The fourth-order valence-corrected chi connectivity index (χ4v) is 1.05. The summed E-state index contributed by atoms with van der Waals surface area (Å²) in [7, 11) is 4.13. The molecule has 1 aromatic carbocycles. The summed E-state index contributed by atoms with van der Waals surface area (Å²) in [6, 6.07) is 8.61. The minimum atomic E-state index is 0. The van der Waals surface area contributed by atoms with Crippen LogP contribution in [0.1, 0.15) is 12.5 Å². The van der Waals surface area contributed by atoms with Gasteiger partial charge in [-0.2, -0.15) is 0 Å². The van der Waals surface area contributed by atoms with E-state index in [1.807, 2.05) is 0 Å². The summed E-state index contributed by atoms with van der Waals surface area (Å²) in [5.74, 6) is 0. The lowest BCUT2D eigenvalue weighted by atomic mass is 10.1. The maximum Gasteiger partial charge on any atom is 0.0363 e. The van der Waals surface area contributed by atoms with Crippen LogP contribution in [0.2, 0.25) is 0 Å². The lowest BCUT2D eigenvalue weighted by Gasteiger charge is -2.12. The molecule has 68 valence electrons. The fraction of sp³-hybridized carbons (Fsp3) is 0.400. The van der Waals surface area contributed by atoms with E-state index in [0.29, 0.717) is 0 Å². The van der Waals surface area contributed by atoms with Crippen molar-refractivity contribution < 1.29 is 0 Å².